The van der Waals surface area contributed by atoms with Gasteiger partial charge in [-0.05, 0) is 74.6 Å². The normalized spacial score (nSPS) is 12.1. The van der Waals surface area contributed by atoms with Gasteiger partial charge in [0.15, 0.2) is 0 Å². The zero-order chi connectivity index (χ0) is 19.2. The summed E-state index contributed by atoms with van der Waals surface area (Å²) in [5.41, 5.74) is 2.63. The molecule has 0 radical (unpaired) electrons. The molecule has 2 rings (SSSR count). The van der Waals surface area contributed by atoms with Crippen molar-refractivity contribution in [3.63, 3.8) is 0 Å². The fourth-order valence-corrected chi connectivity index (χ4v) is 3.52. The van der Waals surface area contributed by atoms with Crippen LogP contribution in [0.3, 0.4) is 0 Å². The second-order valence-electron chi connectivity index (χ2n) is 6.99. The van der Waals surface area contributed by atoms with E-state index in [-0.39, 0.29) is 0 Å². The maximum absolute atomic E-state index is 12.2. The molecule has 26 heavy (non-hydrogen) atoms. The van der Waals surface area contributed by atoms with Gasteiger partial charge in [0.25, 0.3) is 0 Å². The van der Waals surface area contributed by atoms with Gasteiger partial charge in [0.2, 0.25) is 0 Å². The van der Waals surface area contributed by atoms with E-state index in [2.05, 4.69) is 49.1 Å². The summed E-state index contributed by atoms with van der Waals surface area (Å²) < 4.78 is 12.2. The van der Waals surface area contributed by atoms with E-state index in [1.54, 1.807) is 25.6 Å². The number of allylic oxidation sites excluding steroid dienone is 2. The molecule has 2 aromatic carbocycles. The molecule has 2 aromatic rings. The monoisotopic (exact) mass is 372 g/mol. The fraction of sp³-hybridized carbons (Fsp3) is 0.318. The Bertz CT molecular complexity index is 762. The van der Waals surface area contributed by atoms with E-state index < -0.39 is 11.4 Å². The average Bonchev–Trinajstić information content (AvgIpc) is 2.63. The lowest BCUT2D eigenvalue weighted by atomic mass is 9.86. The van der Waals surface area contributed by atoms with Crippen LogP contribution in [0.4, 0.5) is 4.53 Å². The highest BCUT2D eigenvalue weighted by atomic mass is 32.2. The van der Waals surface area contributed by atoms with Crippen LogP contribution in [-0.2, 0) is 16.2 Å². The van der Waals surface area contributed by atoms with Gasteiger partial charge < -0.3 is 0 Å². The second-order valence-corrected chi connectivity index (χ2v) is 8.14. The number of carbonyl (C=O) groups excluding carboxylic acids is 1. The van der Waals surface area contributed by atoms with E-state index >= 15 is 0 Å². The van der Waals surface area contributed by atoms with Crippen molar-refractivity contribution in [2.45, 2.75) is 50.3 Å². The first-order valence-electron chi connectivity index (χ1n) is 8.72. The van der Waals surface area contributed by atoms with E-state index in [0.29, 0.717) is 6.42 Å². The molecular weight excluding hydrogens is 347 g/mol. The lowest BCUT2D eigenvalue weighted by Gasteiger charge is -2.19. The zero-order valence-electron chi connectivity index (χ0n) is 15.7. The van der Waals surface area contributed by atoms with Gasteiger partial charge in [-0.3, -0.25) is 4.94 Å². The summed E-state index contributed by atoms with van der Waals surface area (Å²) in [6.07, 6.45) is 3.69. The number of halogens is 1. The zero-order valence-corrected chi connectivity index (χ0v) is 16.5. The molecule has 138 valence electrons. The summed E-state index contributed by atoms with van der Waals surface area (Å²) in [4.78, 5) is 17.1. The summed E-state index contributed by atoms with van der Waals surface area (Å²) in [5.74, 6) is -0.844. The fourth-order valence-electron chi connectivity index (χ4n) is 2.71. The number of hydrogen-bond acceptors (Lipinski definition) is 3. The molecule has 0 aromatic heterocycles. The van der Waals surface area contributed by atoms with Crippen molar-refractivity contribution in [1.29, 1.82) is 0 Å². The maximum Gasteiger partial charge on any atom is 0.354 e. The van der Waals surface area contributed by atoms with Crippen LogP contribution < -0.4 is 0 Å². The molecule has 0 saturated heterocycles. The largest absolute Gasteiger partial charge is 0.354 e. The average molecular weight is 373 g/mol. The Morgan fingerprint density at radius 3 is 2.12 bits per heavy atom. The lowest BCUT2D eigenvalue weighted by Crippen LogP contribution is -2.27. The van der Waals surface area contributed by atoms with E-state index in [4.69, 9.17) is 0 Å². The first kappa shape index (κ1) is 20.2. The van der Waals surface area contributed by atoms with Crippen LogP contribution in [0.25, 0.3) is 5.57 Å². The SMILES string of the molecule is CC/C=C(\C)c1ccc(Sc2ccc(CC(C)(C)C(=O)OF)cc2)cc1. The van der Waals surface area contributed by atoms with Crippen LogP contribution in [-0.4, -0.2) is 5.97 Å². The van der Waals surface area contributed by atoms with Crippen LogP contribution in [0, 0.1) is 5.41 Å². The topological polar surface area (TPSA) is 26.3 Å². The highest BCUT2D eigenvalue weighted by molar-refractivity contribution is 7.99. The third-order valence-electron chi connectivity index (χ3n) is 4.25. The van der Waals surface area contributed by atoms with Gasteiger partial charge in [0.05, 0.1) is 5.41 Å². The second kappa shape index (κ2) is 9.04. The molecule has 0 bridgehead atoms. The summed E-state index contributed by atoms with van der Waals surface area (Å²) in [5, 5.41) is 0. The minimum atomic E-state index is -0.886. The smallest absolute Gasteiger partial charge is 0.254 e. The van der Waals surface area contributed by atoms with E-state index in [1.807, 2.05) is 24.3 Å². The molecule has 0 atom stereocenters. The predicted octanol–water partition coefficient (Wildman–Crippen LogP) is 6.65. The van der Waals surface area contributed by atoms with Crippen molar-refractivity contribution in [2.75, 3.05) is 0 Å². The van der Waals surface area contributed by atoms with Crippen LogP contribution in [0.2, 0.25) is 0 Å². The van der Waals surface area contributed by atoms with Crippen molar-refractivity contribution in [3.8, 4) is 0 Å². The van der Waals surface area contributed by atoms with E-state index in [0.717, 1.165) is 16.9 Å². The Kier molecular flexibility index (Phi) is 7.04. The number of hydrogen-bond donors (Lipinski definition) is 0. The Morgan fingerprint density at radius 1 is 1.08 bits per heavy atom. The van der Waals surface area contributed by atoms with Crippen molar-refractivity contribution < 1.29 is 14.3 Å². The summed E-state index contributed by atoms with van der Waals surface area (Å²) in [7, 11) is 0. The van der Waals surface area contributed by atoms with Gasteiger partial charge in [0.1, 0.15) is 0 Å². The predicted molar refractivity (Wildman–Crippen MR) is 106 cm³/mol. The van der Waals surface area contributed by atoms with Gasteiger partial charge in [-0.2, -0.15) is 0 Å². The Labute approximate surface area is 159 Å². The molecule has 0 aliphatic carbocycles. The van der Waals surface area contributed by atoms with E-state index in [1.165, 1.54) is 16.0 Å². The summed E-state index contributed by atoms with van der Waals surface area (Å²) in [6.45, 7) is 7.62. The first-order chi connectivity index (χ1) is 12.4. The number of rotatable bonds is 7. The number of benzene rings is 2. The molecule has 0 fully saturated rings. The van der Waals surface area contributed by atoms with Crippen molar-refractivity contribution in [1.82, 2.24) is 0 Å². The van der Waals surface area contributed by atoms with Gasteiger partial charge in [-0.25, -0.2) is 4.79 Å². The Morgan fingerprint density at radius 2 is 1.62 bits per heavy atom. The molecule has 0 N–H and O–H groups in total. The molecule has 0 amide bonds. The molecule has 0 unspecified atom stereocenters. The highest BCUT2D eigenvalue weighted by Gasteiger charge is 2.30. The highest BCUT2D eigenvalue weighted by Crippen LogP contribution is 2.30. The molecule has 0 heterocycles. The Hall–Kier alpha value is -2.07. The van der Waals surface area contributed by atoms with Crippen LogP contribution in [0.1, 0.15) is 45.2 Å². The standard InChI is InChI=1S/C22H25FO2S/c1-5-6-16(2)18-9-13-20(14-10-18)26-19-11-7-17(8-12-19)15-22(3,4)21(24)25-23/h6-14H,5,15H2,1-4H3/b16-6+. The molecular formula is C22H25FO2S. The number of carbonyl (C=O) groups is 1. The first-order valence-corrected chi connectivity index (χ1v) is 9.54. The van der Waals surface area contributed by atoms with Crippen molar-refractivity contribution >= 4 is 23.3 Å². The Balaban J connectivity index is 2.03. The third kappa shape index (κ3) is 5.46. The molecule has 0 aliphatic heterocycles. The molecule has 2 nitrogen and oxygen atoms in total. The molecule has 0 spiro atoms. The van der Waals surface area contributed by atoms with E-state index in [9.17, 15) is 9.32 Å². The molecule has 0 saturated carbocycles. The van der Waals surface area contributed by atoms with Crippen LogP contribution in [0.5, 0.6) is 0 Å². The molecule has 4 heteroatoms. The summed E-state index contributed by atoms with van der Waals surface area (Å²) >= 11 is 1.69. The van der Waals surface area contributed by atoms with Gasteiger partial charge in [-0.15, -0.1) is 0 Å². The minimum Gasteiger partial charge on any atom is -0.254 e. The lowest BCUT2D eigenvalue weighted by molar-refractivity contribution is -0.194. The van der Waals surface area contributed by atoms with Crippen molar-refractivity contribution in [2.24, 2.45) is 5.41 Å². The van der Waals surface area contributed by atoms with Gasteiger partial charge >= 0.3 is 5.97 Å². The van der Waals surface area contributed by atoms with Crippen LogP contribution in [0.15, 0.2) is 64.4 Å². The summed E-state index contributed by atoms with van der Waals surface area (Å²) in [6, 6.07) is 16.5. The quantitative estimate of drug-likeness (QED) is 0.544. The van der Waals surface area contributed by atoms with Gasteiger partial charge in [0, 0.05) is 14.3 Å². The van der Waals surface area contributed by atoms with Gasteiger partial charge in [-0.1, -0.05) is 49.0 Å². The molecule has 0 aliphatic rings. The third-order valence-corrected chi connectivity index (χ3v) is 5.26. The maximum atomic E-state index is 12.2. The van der Waals surface area contributed by atoms with Crippen LogP contribution >= 0.6 is 11.8 Å². The minimum absolute atomic E-state index is 0.429. The van der Waals surface area contributed by atoms with Crippen molar-refractivity contribution in [3.05, 3.63) is 65.7 Å².